The maximum absolute atomic E-state index is 10.7. The van der Waals surface area contributed by atoms with Gasteiger partial charge in [-0.1, -0.05) is 42.6 Å². The van der Waals surface area contributed by atoms with Gasteiger partial charge in [-0.15, -0.1) is 0 Å². The molecule has 19 heavy (non-hydrogen) atoms. The van der Waals surface area contributed by atoms with E-state index < -0.39 is 11.5 Å². The van der Waals surface area contributed by atoms with Crippen molar-refractivity contribution in [1.29, 1.82) is 5.26 Å². The highest BCUT2D eigenvalue weighted by Gasteiger charge is 2.46. The fourth-order valence-corrected chi connectivity index (χ4v) is 3.59. The van der Waals surface area contributed by atoms with Crippen LogP contribution in [0.5, 0.6) is 0 Å². The maximum atomic E-state index is 10.7. The molecule has 1 aromatic rings. The van der Waals surface area contributed by atoms with Crippen LogP contribution in [0.3, 0.4) is 0 Å². The minimum atomic E-state index is -0.921. The summed E-state index contributed by atoms with van der Waals surface area (Å²) in [4.78, 5) is 0. The highest BCUT2D eigenvalue weighted by molar-refractivity contribution is 6.36. The molecular formula is C15H17Cl2NO. The van der Waals surface area contributed by atoms with Gasteiger partial charge in [-0.2, -0.15) is 5.26 Å². The molecule has 0 heterocycles. The summed E-state index contributed by atoms with van der Waals surface area (Å²) >= 11 is 12.3. The van der Waals surface area contributed by atoms with Crippen LogP contribution in [0.25, 0.3) is 0 Å². The minimum Gasteiger partial charge on any atom is -0.387 e. The van der Waals surface area contributed by atoms with E-state index in [1.54, 1.807) is 18.2 Å². The van der Waals surface area contributed by atoms with Crippen molar-refractivity contribution in [2.45, 2.75) is 38.7 Å². The van der Waals surface area contributed by atoms with Gasteiger partial charge >= 0.3 is 0 Å². The number of aliphatic hydroxyl groups is 1. The second kappa shape index (κ2) is 5.71. The monoisotopic (exact) mass is 297 g/mol. The number of hydrogen-bond acceptors (Lipinski definition) is 2. The Morgan fingerprint density at radius 1 is 1.47 bits per heavy atom. The van der Waals surface area contributed by atoms with Gasteiger partial charge in [-0.25, -0.2) is 0 Å². The van der Waals surface area contributed by atoms with Crippen LogP contribution in [0.2, 0.25) is 10.0 Å². The van der Waals surface area contributed by atoms with Crippen molar-refractivity contribution in [2.75, 3.05) is 0 Å². The number of hydrogen-bond donors (Lipinski definition) is 1. The molecule has 2 rings (SSSR count). The van der Waals surface area contributed by atoms with E-state index in [1.165, 1.54) is 0 Å². The van der Waals surface area contributed by atoms with Crippen molar-refractivity contribution >= 4 is 23.2 Å². The van der Waals surface area contributed by atoms with Crippen LogP contribution in [0.15, 0.2) is 18.2 Å². The summed E-state index contributed by atoms with van der Waals surface area (Å²) in [6, 6.07) is 7.46. The van der Waals surface area contributed by atoms with E-state index >= 15 is 0 Å². The van der Waals surface area contributed by atoms with Crippen molar-refractivity contribution in [1.82, 2.24) is 0 Å². The Hall–Kier alpha value is -0.750. The second-order valence-corrected chi connectivity index (χ2v) is 6.14. The third kappa shape index (κ3) is 2.60. The van der Waals surface area contributed by atoms with Crippen LogP contribution < -0.4 is 0 Å². The molecule has 1 aliphatic rings. The van der Waals surface area contributed by atoms with Gasteiger partial charge in [-0.05, 0) is 37.3 Å². The molecule has 1 aromatic carbocycles. The highest BCUT2D eigenvalue weighted by atomic mass is 35.5. The predicted molar refractivity (Wildman–Crippen MR) is 77.1 cm³/mol. The highest BCUT2D eigenvalue weighted by Crippen LogP contribution is 2.52. The van der Waals surface area contributed by atoms with Crippen LogP contribution in [0, 0.1) is 22.7 Å². The van der Waals surface area contributed by atoms with Crippen LogP contribution in [0.4, 0.5) is 0 Å². The lowest BCUT2D eigenvalue weighted by Gasteiger charge is -2.29. The fourth-order valence-electron chi connectivity index (χ4n) is 2.99. The standard InChI is InChI=1S/C15H17Cl2NO/c1-2-10-6-7-15(8-10,9-18)14(19)13-11(16)4-3-5-12(13)17/h3-5,10,14,19H,2,6-8H2,1H3. The Kier molecular flexibility index (Phi) is 4.40. The summed E-state index contributed by atoms with van der Waals surface area (Å²) in [5, 5.41) is 21.1. The average Bonchev–Trinajstić information content (AvgIpc) is 2.83. The van der Waals surface area contributed by atoms with Gasteiger partial charge in [0.05, 0.1) is 11.5 Å². The van der Waals surface area contributed by atoms with Gasteiger partial charge in [0, 0.05) is 15.6 Å². The smallest absolute Gasteiger partial charge is 0.100 e. The molecule has 0 amide bonds. The first-order valence-electron chi connectivity index (χ1n) is 6.57. The zero-order valence-corrected chi connectivity index (χ0v) is 12.4. The van der Waals surface area contributed by atoms with Crippen LogP contribution in [0.1, 0.15) is 44.3 Å². The summed E-state index contributed by atoms with van der Waals surface area (Å²) in [6.07, 6.45) is 2.50. The van der Waals surface area contributed by atoms with E-state index in [2.05, 4.69) is 13.0 Å². The first-order chi connectivity index (χ1) is 9.04. The lowest BCUT2D eigenvalue weighted by molar-refractivity contribution is 0.0642. The Labute approximate surface area is 124 Å². The molecule has 0 bridgehead atoms. The predicted octanol–water partition coefficient (Wildman–Crippen LogP) is 4.75. The Bertz CT molecular complexity index is 491. The van der Waals surface area contributed by atoms with Crippen molar-refractivity contribution in [3.8, 4) is 6.07 Å². The summed E-state index contributed by atoms with van der Waals surface area (Å²) in [5.74, 6) is 0.496. The zero-order chi connectivity index (χ0) is 14.0. The molecule has 4 heteroatoms. The van der Waals surface area contributed by atoms with Gasteiger partial charge < -0.3 is 5.11 Å². The number of aliphatic hydroxyl groups excluding tert-OH is 1. The third-order valence-electron chi connectivity index (χ3n) is 4.25. The number of rotatable bonds is 3. The van der Waals surface area contributed by atoms with E-state index in [4.69, 9.17) is 23.2 Å². The van der Waals surface area contributed by atoms with E-state index in [-0.39, 0.29) is 0 Å². The Morgan fingerprint density at radius 2 is 2.11 bits per heavy atom. The van der Waals surface area contributed by atoms with Gasteiger partial charge in [0.15, 0.2) is 0 Å². The third-order valence-corrected chi connectivity index (χ3v) is 4.91. The Balaban J connectivity index is 2.38. The van der Waals surface area contributed by atoms with Crippen LogP contribution in [-0.4, -0.2) is 5.11 Å². The van der Waals surface area contributed by atoms with Crippen molar-refractivity contribution in [3.05, 3.63) is 33.8 Å². The maximum Gasteiger partial charge on any atom is 0.100 e. The molecule has 1 fully saturated rings. The molecule has 1 saturated carbocycles. The zero-order valence-electron chi connectivity index (χ0n) is 10.9. The van der Waals surface area contributed by atoms with E-state index in [0.717, 1.165) is 12.8 Å². The number of halogens is 2. The molecule has 1 N–H and O–H groups in total. The van der Waals surface area contributed by atoms with Gasteiger partial charge in [0.25, 0.3) is 0 Å². The van der Waals surface area contributed by atoms with E-state index in [1.807, 2.05) is 0 Å². The SMILES string of the molecule is CCC1CCC(C#N)(C(O)c2c(Cl)cccc2Cl)C1. The normalized spacial score (nSPS) is 28.1. The van der Waals surface area contributed by atoms with Crippen molar-refractivity contribution < 1.29 is 5.11 Å². The molecule has 0 aromatic heterocycles. The molecule has 3 atom stereocenters. The summed E-state index contributed by atoms with van der Waals surface area (Å²) in [5.41, 5.74) is -0.265. The molecule has 3 unspecified atom stereocenters. The van der Waals surface area contributed by atoms with Crippen molar-refractivity contribution in [3.63, 3.8) is 0 Å². The molecule has 0 saturated heterocycles. The van der Waals surface area contributed by atoms with Gasteiger partial charge in [0.1, 0.15) is 6.10 Å². The number of nitrogens with zero attached hydrogens (tertiary/aromatic N) is 1. The topological polar surface area (TPSA) is 44.0 Å². The van der Waals surface area contributed by atoms with E-state index in [0.29, 0.717) is 34.4 Å². The molecule has 0 radical (unpaired) electrons. The summed E-state index contributed by atoms with van der Waals surface area (Å²) < 4.78 is 0. The van der Waals surface area contributed by atoms with Crippen molar-refractivity contribution in [2.24, 2.45) is 11.3 Å². The largest absolute Gasteiger partial charge is 0.387 e. The van der Waals surface area contributed by atoms with Gasteiger partial charge in [0.2, 0.25) is 0 Å². The van der Waals surface area contributed by atoms with E-state index in [9.17, 15) is 10.4 Å². The fraction of sp³-hybridized carbons (Fsp3) is 0.533. The molecule has 2 nitrogen and oxygen atoms in total. The first-order valence-corrected chi connectivity index (χ1v) is 7.33. The number of nitriles is 1. The molecule has 102 valence electrons. The first kappa shape index (κ1) is 14.7. The van der Waals surface area contributed by atoms with Crippen LogP contribution >= 0.6 is 23.2 Å². The van der Waals surface area contributed by atoms with Crippen LogP contribution in [-0.2, 0) is 0 Å². The molecule has 0 aliphatic heterocycles. The Morgan fingerprint density at radius 3 is 2.58 bits per heavy atom. The lowest BCUT2D eigenvalue weighted by atomic mass is 9.78. The quantitative estimate of drug-likeness (QED) is 0.875. The summed E-state index contributed by atoms with van der Waals surface area (Å²) in [6.45, 7) is 2.12. The number of benzene rings is 1. The molecular weight excluding hydrogens is 281 g/mol. The second-order valence-electron chi connectivity index (χ2n) is 5.32. The summed E-state index contributed by atoms with van der Waals surface area (Å²) in [7, 11) is 0. The molecule has 0 spiro atoms. The van der Waals surface area contributed by atoms with Gasteiger partial charge in [-0.3, -0.25) is 0 Å². The molecule has 1 aliphatic carbocycles. The minimum absolute atomic E-state index is 0.426. The lowest BCUT2D eigenvalue weighted by Crippen LogP contribution is -2.25. The average molecular weight is 298 g/mol.